The van der Waals surface area contributed by atoms with Gasteiger partial charge in [-0.15, -0.1) is 5.10 Å². The quantitative estimate of drug-likeness (QED) is 0.702. The van der Waals surface area contributed by atoms with E-state index in [0.29, 0.717) is 19.5 Å². The molecule has 0 saturated carbocycles. The van der Waals surface area contributed by atoms with Gasteiger partial charge in [-0.05, 0) is 29.2 Å². The number of nitrogens with zero attached hydrogens (tertiary/aromatic N) is 5. The molecule has 4 heterocycles. The van der Waals surface area contributed by atoms with E-state index in [0.717, 1.165) is 17.5 Å². The highest BCUT2D eigenvalue weighted by Crippen LogP contribution is 2.39. The molecular formula is C20H18FN5O. The molecule has 1 amide bonds. The first kappa shape index (κ1) is 16.1. The molecule has 5 rings (SSSR count). The molecule has 0 saturated heterocycles. The van der Waals surface area contributed by atoms with Crippen LogP contribution in [-0.2, 0) is 13.0 Å². The Kier molecular flexibility index (Phi) is 3.74. The maximum absolute atomic E-state index is 14.5. The Labute approximate surface area is 155 Å². The molecule has 0 spiro atoms. The van der Waals surface area contributed by atoms with Crippen LogP contribution in [0.2, 0.25) is 0 Å². The van der Waals surface area contributed by atoms with Gasteiger partial charge < -0.3 is 4.90 Å². The molecule has 2 atom stereocenters. The van der Waals surface area contributed by atoms with Gasteiger partial charge in [0.15, 0.2) is 12.0 Å². The van der Waals surface area contributed by atoms with Crippen LogP contribution in [0.4, 0.5) is 4.39 Å². The van der Waals surface area contributed by atoms with Gasteiger partial charge in [-0.2, -0.15) is 0 Å². The summed E-state index contributed by atoms with van der Waals surface area (Å²) in [6.45, 7) is 1.08. The third kappa shape index (κ3) is 2.70. The Morgan fingerprint density at radius 3 is 2.85 bits per heavy atom. The van der Waals surface area contributed by atoms with Gasteiger partial charge in [0, 0.05) is 31.9 Å². The van der Waals surface area contributed by atoms with E-state index < -0.39 is 6.17 Å². The van der Waals surface area contributed by atoms with Crippen molar-refractivity contribution in [1.29, 1.82) is 0 Å². The third-order valence-corrected chi connectivity index (χ3v) is 5.34. The number of carbonyl (C=O) groups is 1. The van der Waals surface area contributed by atoms with E-state index in [-0.39, 0.29) is 23.6 Å². The molecule has 6 nitrogen and oxygen atoms in total. The number of fused-ring (bicyclic) bond motifs is 2. The Hall–Kier alpha value is -3.09. The molecule has 2 aliphatic rings. The summed E-state index contributed by atoms with van der Waals surface area (Å²) in [6, 6.07) is 11.4. The molecule has 27 heavy (non-hydrogen) atoms. The van der Waals surface area contributed by atoms with Gasteiger partial charge in [-0.1, -0.05) is 30.3 Å². The van der Waals surface area contributed by atoms with Gasteiger partial charge in [0.2, 0.25) is 5.82 Å². The number of amides is 1. The number of aromatic nitrogens is 4. The molecule has 7 heteroatoms. The number of halogens is 1. The number of benzene rings is 1. The Bertz CT molecular complexity index is 1000. The summed E-state index contributed by atoms with van der Waals surface area (Å²) in [7, 11) is 0. The van der Waals surface area contributed by atoms with Crippen molar-refractivity contribution in [1.82, 2.24) is 24.6 Å². The number of pyridine rings is 1. The number of carbonyl (C=O) groups excluding carboxylic acids is 1. The van der Waals surface area contributed by atoms with Crippen LogP contribution in [0.15, 0.2) is 48.8 Å². The monoisotopic (exact) mass is 363 g/mol. The van der Waals surface area contributed by atoms with Crippen molar-refractivity contribution in [2.75, 3.05) is 6.54 Å². The van der Waals surface area contributed by atoms with Crippen LogP contribution < -0.4 is 0 Å². The van der Waals surface area contributed by atoms with Gasteiger partial charge in [0.05, 0.1) is 6.04 Å². The second-order valence-corrected chi connectivity index (χ2v) is 6.99. The van der Waals surface area contributed by atoms with Crippen LogP contribution in [0.5, 0.6) is 0 Å². The van der Waals surface area contributed by atoms with Crippen LogP contribution >= 0.6 is 0 Å². The standard InChI is InChI=1S/C20H18FN5O/c21-16-10-17(14-4-2-1-3-5-14)26-19(16)23-18(24-26)20(27)25-9-7-13-6-8-22-11-15(13)12-25/h1-6,8,11,16-17H,7,9-10,12H2/t16-,17-/m0/s1. The van der Waals surface area contributed by atoms with E-state index in [1.807, 2.05) is 36.4 Å². The van der Waals surface area contributed by atoms with Crippen LogP contribution in [0.25, 0.3) is 0 Å². The second kappa shape index (κ2) is 6.26. The largest absolute Gasteiger partial charge is 0.331 e. The van der Waals surface area contributed by atoms with Crippen molar-refractivity contribution < 1.29 is 9.18 Å². The van der Waals surface area contributed by atoms with Crippen molar-refractivity contribution in [2.24, 2.45) is 0 Å². The van der Waals surface area contributed by atoms with E-state index in [4.69, 9.17) is 0 Å². The van der Waals surface area contributed by atoms with Gasteiger partial charge in [-0.3, -0.25) is 9.78 Å². The zero-order chi connectivity index (χ0) is 18.4. The van der Waals surface area contributed by atoms with Crippen LogP contribution in [0, 0.1) is 0 Å². The molecule has 136 valence electrons. The lowest BCUT2D eigenvalue weighted by Gasteiger charge is -2.27. The zero-order valence-electron chi connectivity index (χ0n) is 14.6. The predicted molar refractivity (Wildman–Crippen MR) is 95.8 cm³/mol. The third-order valence-electron chi connectivity index (χ3n) is 5.34. The minimum absolute atomic E-state index is 0.0700. The lowest BCUT2D eigenvalue weighted by molar-refractivity contribution is 0.0721. The SMILES string of the molecule is O=C(c1nc2n(n1)[C@H](c1ccccc1)C[C@@H]2F)N1CCc2ccncc2C1. The number of hydrogen-bond donors (Lipinski definition) is 0. The molecule has 0 unspecified atom stereocenters. The van der Waals surface area contributed by atoms with Crippen molar-refractivity contribution in [2.45, 2.75) is 31.6 Å². The van der Waals surface area contributed by atoms with Gasteiger partial charge >= 0.3 is 0 Å². The van der Waals surface area contributed by atoms with Crippen LogP contribution in [0.1, 0.15) is 51.8 Å². The first-order valence-corrected chi connectivity index (χ1v) is 9.07. The summed E-state index contributed by atoms with van der Waals surface area (Å²) in [5.74, 6) is 0.0531. The van der Waals surface area contributed by atoms with Gasteiger partial charge in [0.1, 0.15) is 0 Å². The topological polar surface area (TPSA) is 63.9 Å². The fourth-order valence-corrected chi connectivity index (χ4v) is 3.92. The molecule has 1 aromatic carbocycles. The molecule has 0 N–H and O–H groups in total. The molecule has 3 aromatic rings. The van der Waals surface area contributed by atoms with E-state index in [9.17, 15) is 9.18 Å². The van der Waals surface area contributed by atoms with Crippen LogP contribution in [0.3, 0.4) is 0 Å². The maximum atomic E-state index is 14.5. The fraction of sp³-hybridized carbons (Fsp3) is 0.300. The minimum Gasteiger partial charge on any atom is -0.331 e. The zero-order valence-corrected chi connectivity index (χ0v) is 14.6. The number of alkyl halides is 1. The van der Waals surface area contributed by atoms with E-state index in [2.05, 4.69) is 15.1 Å². The van der Waals surface area contributed by atoms with Gasteiger partial charge in [-0.25, -0.2) is 14.1 Å². The predicted octanol–water partition coefficient (Wildman–Crippen LogP) is 2.88. The highest BCUT2D eigenvalue weighted by molar-refractivity contribution is 5.90. The van der Waals surface area contributed by atoms with E-state index in [1.165, 1.54) is 5.56 Å². The average molecular weight is 363 g/mol. The molecule has 2 aliphatic heterocycles. The first-order valence-electron chi connectivity index (χ1n) is 9.07. The Morgan fingerprint density at radius 1 is 1.15 bits per heavy atom. The highest BCUT2D eigenvalue weighted by atomic mass is 19.1. The first-order chi connectivity index (χ1) is 13.2. The average Bonchev–Trinajstić information content (AvgIpc) is 3.28. The second-order valence-electron chi connectivity index (χ2n) is 6.99. The normalized spacial score (nSPS) is 21.0. The molecular weight excluding hydrogens is 345 g/mol. The smallest absolute Gasteiger partial charge is 0.293 e. The molecule has 0 fully saturated rings. The molecule has 0 bridgehead atoms. The molecule has 2 aromatic heterocycles. The lowest BCUT2D eigenvalue weighted by Crippen LogP contribution is -2.36. The highest BCUT2D eigenvalue weighted by Gasteiger charge is 2.37. The summed E-state index contributed by atoms with van der Waals surface area (Å²) >= 11 is 0. The van der Waals surface area contributed by atoms with Crippen molar-refractivity contribution >= 4 is 5.91 Å². The minimum atomic E-state index is -1.21. The lowest BCUT2D eigenvalue weighted by atomic mass is 10.0. The van der Waals surface area contributed by atoms with E-state index in [1.54, 1.807) is 22.0 Å². The van der Waals surface area contributed by atoms with Crippen molar-refractivity contribution in [3.8, 4) is 0 Å². The summed E-state index contributed by atoms with van der Waals surface area (Å²) in [5, 5.41) is 4.39. The van der Waals surface area contributed by atoms with E-state index >= 15 is 0 Å². The molecule has 0 radical (unpaired) electrons. The summed E-state index contributed by atoms with van der Waals surface area (Å²) in [6.07, 6.45) is 3.42. The number of hydrogen-bond acceptors (Lipinski definition) is 4. The van der Waals surface area contributed by atoms with Crippen molar-refractivity contribution in [3.63, 3.8) is 0 Å². The molecule has 0 aliphatic carbocycles. The van der Waals surface area contributed by atoms with Gasteiger partial charge in [0.25, 0.3) is 5.91 Å². The summed E-state index contributed by atoms with van der Waals surface area (Å²) in [5.41, 5.74) is 3.22. The maximum Gasteiger partial charge on any atom is 0.293 e. The Balaban J connectivity index is 1.43. The van der Waals surface area contributed by atoms with Crippen LogP contribution in [-0.4, -0.2) is 37.1 Å². The number of rotatable bonds is 2. The summed E-state index contributed by atoms with van der Waals surface area (Å²) < 4.78 is 16.1. The summed E-state index contributed by atoms with van der Waals surface area (Å²) in [4.78, 5) is 23.0. The Morgan fingerprint density at radius 2 is 2.00 bits per heavy atom. The van der Waals surface area contributed by atoms with Crippen molar-refractivity contribution in [3.05, 3.63) is 77.1 Å². The fourth-order valence-electron chi connectivity index (χ4n) is 3.92.